The summed E-state index contributed by atoms with van der Waals surface area (Å²) in [5.74, 6) is 0.646. The highest BCUT2D eigenvalue weighted by atomic mass is 32.2. The van der Waals surface area contributed by atoms with E-state index in [0.29, 0.717) is 18.7 Å². The van der Waals surface area contributed by atoms with E-state index in [9.17, 15) is 13.2 Å². The van der Waals surface area contributed by atoms with E-state index in [0.717, 1.165) is 10.3 Å². The molecule has 2 aromatic carbocycles. The molecular weight excluding hydrogens is 342 g/mol. The largest absolute Gasteiger partial charge is 0.338 e. The van der Waals surface area contributed by atoms with Crippen molar-refractivity contribution in [2.75, 3.05) is 23.8 Å². The summed E-state index contributed by atoms with van der Waals surface area (Å²) in [6.07, 6.45) is 0.558. The summed E-state index contributed by atoms with van der Waals surface area (Å²) in [5.41, 5.74) is 0. The second-order valence-electron chi connectivity index (χ2n) is 6.03. The number of benzene rings is 2. The van der Waals surface area contributed by atoms with Crippen LogP contribution >= 0.6 is 11.8 Å². The third kappa shape index (κ3) is 3.92. The van der Waals surface area contributed by atoms with E-state index in [-0.39, 0.29) is 23.5 Å². The van der Waals surface area contributed by atoms with Crippen LogP contribution in [-0.4, -0.2) is 49.1 Å². The lowest BCUT2D eigenvalue weighted by atomic mass is 10.1. The van der Waals surface area contributed by atoms with Crippen LogP contribution in [0.4, 0.5) is 0 Å². The molecule has 2 aromatic rings. The van der Waals surface area contributed by atoms with Gasteiger partial charge in [0.05, 0.1) is 17.3 Å². The summed E-state index contributed by atoms with van der Waals surface area (Å²) in [6, 6.07) is 14.1. The molecular formula is C18H21NO3S2. The predicted octanol–water partition coefficient (Wildman–Crippen LogP) is 2.97. The Hall–Kier alpha value is -1.53. The predicted molar refractivity (Wildman–Crippen MR) is 99.1 cm³/mol. The van der Waals surface area contributed by atoms with Crippen molar-refractivity contribution in [2.45, 2.75) is 24.3 Å². The number of sulfone groups is 1. The molecule has 6 heteroatoms. The van der Waals surface area contributed by atoms with E-state index >= 15 is 0 Å². The first-order valence-corrected chi connectivity index (χ1v) is 10.9. The van der Waals surface area contributed by atoms with Gasteiger partial charge in [0.15, 0.2) is 9.84 Å². The van der Waals surface area contributed by atoms with Gasteiger partial charge in [-0.3, -0.25) is 4.79 Å². The van der Waals surface area contributed by atoms with Gasteiger partial charge in [-0.15, -0.1) is 11.8 Å². The van der Waals surface area contributed by atoms with Crippen LogP contribution in [0.25, 0.3) is 10.8 Å². The van der Waals surface area contributed by atoms with Crippen LogP contribution < -0.4 is 0 Å². The van der Waals surface area contributed by atoms with Crippen molar-refractivity contribution in [2.24, 2.45) is 0 Å². The minimum Gasteiger partial charge on any atom is -0.338 e. The number of rotatable bonds is 5. The van der Waals surface area contributed by atoms with Crippen LogP contribution in [0.15, 0.2) is 47.4 Å². The van der Waals surface area contributed by atoms with Crippen molar-refractivity contribution in [3.05, 3.63) is 42.5 Å². The first-order chi connectivity index (χ1) is 11.5. The molecule has 1 saturated heterocycles. The molecule has 0 spiro atoms. The zero-order chi connectivity index (χ0) is 17.2. The lowest BCUT2D eigenvalue weighted by Gasteiger charge is -2.26. The van der Waals surface area contributed by atoms with Gasteiger partial charge in [-0.1, -0.05) is 30.3 Å². The molecule has 0 unspecified atom stereocenters. The number of hydrogen-bond donors (Lipinski definition) is 0. The number of hydrogen-bond acceptors (Lipinski definition) is 4. The number of carbonyl (C=O) groups is 1. The summed E-state index contributed by atoms with van der Waals surface area (Å²) in [5, 5.41) is 2.34. The zero-order valence-corrected chi connectivity index (χ0v) is 15.3. The van der Waals surface area contributed by atoms with Gasteiger partial charge >= 0.3 is 0 Å². The molecule has 0 N–H and O–H groups in total. The topological polar surface area (TPSA) is 54.5 Å². The molecule has 0 aliphatic carbocycles. The Morgan fingerprint density at radius 1 is 1.21 bits per heavy atom. The average molecular weight is 364 g/mol. The Bertz CT molecular complexity index is 848. The van der Waals surface area contributed by atoms with E-state index in [4.69, 9.17) is 0 Å². The zero-order valence-electron chi connectivity index (χ0n) is 13.6. The standard InChI is InChI=1S/C18H21NO3S2/c1-2-19(16-9-10-24(21,22)13-16)18(20)12-23-17-8-7-14-5-3-4-6-15(14)11-17/h3-8,11,16H,2,9-10,12-13H2,1H3/t16-/m0/s1. The van der Waals surface area contributed by atoms with Crippen LogP contribution in [0.1, 0.15) is 13.3 Å². The fourth-order valence-corrected chi connectivity index (χ4v) is 5.71. The third-order valence-electron chi connectivity index (χ3n) is 4.39. The van der Waals surface area contributed by atoms with Crippen molar-refractivity contribution < 1.29 is 13.2 Å². The molecule has 1 fully saturated rings. The Morgan fingerprint density at radius 3 is 2.62 bits per heavy atom. The number of thioether (sulfide) groups is 1. The Morgan fingerprint density at radius 2 is 1.96 bits per heavy atom. The minimum atomic E-state index is -2.98. The van der Waals surface area contributed by atoms with Gasteiger partial charge in [-0.2, -0.15) is 0 Å². The average Bonchev–Trinajstić information content (AvgIpc) is 2.93. The van der Waals surface area contributed by atoms with Crippen LogP contribution in [0.2, 0.25) is 0 Å². The smallest absolute Gasteiger partial charge is 0.233 e. The summed E-state index contributed by atoms with van der Waals surface area (Å²) in [7, 11) is -2.98. The van der Waals surface area contributed by atoms with E-state index in [1.165, 1.54) is 17.1 Å². The van der Waals surface area contributed by atoms with Crippen LogP contribution in [0.5, 0.6) is 0 Å². The molecule has 0 saturated carbocycles. The van der Waals surface area contributed by atoms with Crippen molar-refractivity contribution in [3.8, 4) is 0 Å². The highest BCUT2D eigenvalue weighted by Gasteiger charge is 2.33. The van der Waals surface area contributed by atoms with Crippen molar-refractivity contribution in [1.82, 2.24) is 4.90 Å². The van der Waals surface area contributed by atoms with E-state index in [2.05, 4.69) is 24.3 Å². The van der Waals surface area contributed by atoms with Gasteiger partial charge in [0, 0.05) is 17.5 Å². The minimum absolute atomic E-state index is 0.0118. The van der Waals surface area contributed by atoms with E-state index < -0.39 is 9.84 Å². The van der Waals surface area contributed by atoms with Crippen LogP contribution in [0.3, 0.4) is 0 Å². The first-order valence-electron chi connectivity index (χ1n) is 8.10. The fourth-order valence-electron chi connectivity index (χ4n) is 3.14. The highest BCUT2D eigenvalue weighted by molar-refractivity contribution is 8.00. The van der Waals surface area contributed by atoms with Crippen LogP contribution in [-0.2, 0) is 14.6 Å². The molecule has 0 radical (unpaired) electrons. The van der Waals surface area contributed by atoms with Gasteiger partial charge in [-0.25, -0.2) is 8.42 Å². The molecule has 1 aliphatic heterocycles. The monoisotopic (exact) mass is 363 g/mol. The molecule has 0 aromatic heterocycles. The lowest BCUT2D eigenvalue weighted by Crippen LogP contribution is -2.41. The summed E-state index contributed by atoms with van der Waals surface area (Å²) in [4.78, 5) is 15.3. The van der Waals surface area contributed by atoms with Gasteiger partial charge in [-0.05, 0) is 36.2 Å². The first kappa shape index (κ1) is 17.3. The SMILES string of the molecule is CCN(C(=O)CSc1ccc2ccccc2c1)[C@H]1CCS(=O)(=O)C1. The summed E-state index contributed by atoms with van der Waals surface area (Å²) >= 11 is 1.51. The highest BCUT2D eigenvalue weighted by Crippen LogP contribution is 2.25. The van der Waals surface area contributed by atoms with Crippen LogP contribution in [0, 0.1) is 0 Å². The fraction of sp³-hybridized carbons (Fsp3) is 0.389. The van der Waals surface area contributed by atoms with Crippen molar-refractivity contribution in [3.63, 3.8) is 0 Å². The molecule has 1 heterocycles. The molecule has 24 heavy (non-hydrogen) atoms. The van der Waals surface area contributed by atoms with E-state index in [1.54, 1.807) is 4.90 Å². The van der Waals surface area contributed by atoms with Crippen molar-refractivity contribution in [1.29, 1.82) is 0 Å². The maximum atomic E-state index is 12.5. The van der Waals surface area contributed by atoms with E-state index in [1.807, 2.05) is 25.1 Å². The second kappa shape index (κ2) is 7.15. The quantitative estimate of drug-likeness (QED) is 0.767. The molecule has 128 valence electrons. The molecule has 1 amide bonds. The Labute approximate surface area is 147 Å². The Kier molecular flexibility index (Phi) is 5.15. The molecule has 4 nitrogen and oxygen atoms in total. The third-order valence-corrected chi connectivity index (χ3v) is 7.12. The molecule has 0 bridgehead atoms. The normalized spacial score (nSPS) is 19.5. The van der Waals surface area contributed by atoms with Gasteiger partial charge in [0.25, 0.3) is 0 Å². The maximum Gasteiger partial charge on any atom is 0.233 e. The number of carbonyl (C=O) groups excluding carboxylic acids is 1. The lowest BCUT2D eigenvalue weighted by molar-refractivity contribution is -0.129. The molecule has 1 aliphatic rings. The molecule has 3 rings (SSSR count). The summed E-state index contributed by atoms with van der Waals surface area (Å²) < 4.78 is 23.3. The molecule has 1 atom stereocenters. The van der Waals surface area contributed by atoms with Gasteiger partial charge in [0.1, 0.15) is 0 Å². The number of nitrogens with zero attached hydrogens (tertiary/aromatic N) is 1. The maximum absolute atomic E-state index is 12.5. The summed E-state index contributed by atoms with van der Waals surface area (Å²) in [6.45, 7) is 2.46. The van der Waals surface area contributed by atoms with Crippen molar-refractivity contribution >= 4 is 38.3 Å². The Balaban J connectivity index is 1.64. The number of amides is 1. The second-order valence-corrected chi connectivity index (χ2v) is 9.31. The van der Waals surface area contributed by atoms with Gasteiger partial charge in [0.2, 0.25) is 5.91 Å². The number of fused-ring (bicyclic) bond motifs is 1. The van der Waals surface area contributed by atoms with Gasteiger partial charge < -0.3 is 4.90 Å².